The number of aromatic nitrogens is 3. The number of piperazine rings is 1. The zero-order valence-electron chi connectivity index (χ0n) is 21.6. The van der Waals surface area contributed by atoms with Crippen LogP contribution in [0.15, 0.2) is 30.3 Å². The molecule has 0 bridgehead atoms. The third-order valence-electron chi connectivity index (χ3n) is 8.21. The first-order valence-corrected chi connectivity index (χ1v) is 13.5. The number of likely N-dealkylation sites (tertiary alicyclic amines) is 1. The summed E-state index contributed by atoms with van der Waals surface area (Å²) in [5.41, 5.74) is 2.90. The van der Waals surface area contributed by atoms with Crippen LogP contribution in [-0.2, 0) is 0 Å². The largest absolute Gasteiger partial charge is 0.477 e. The van der Waals surface area contributed by atoms with Gasteiger partial charge >= 0.3 is 5.97 Å². The number of carboxylic acids is 1. The van der Waals surface area contributed by atoms with Gasteiger partial charge in [-0.3, -0.25) is 4.90 Å². The van der Waals surface area contributed by atoms with Crippen LogP contribution in [0.5, 0.6) is 0 Å². The van der Waals surface area contributed by atoms with Gasteiger partial charge in [0.15, 0.2) is 11.3 Å². The topological polar surface area (TPSA) is 77.7 Å². The molecule has 0 atom stereocenters. The van der Waals surface area contributed by atoms with Crippen LogP contribution >= 0.6 is 0 Å². The van der Waals surface area contributed by atoms with Gasteiger partial charge in [0.25, 0.3) is 0 Å². The number of carbonyl (C=O) groups is 1. The predicted octanol–water partition coefficient (Wildman–Crippen LogP) is 4.13. The third kappa shape index (κ3) is 4.70. The fourth-order valence-corrected chi connectivity index (χ4v) is 6.03. The summed E-state index contributed by atoms with van der Waals surface area (Å²) in [5, 5.41) is 15.6. The lowest BCUT2D eigenvalue weighted by Gasteiger charge is -2.43. The summed E-state index contributed by atoms with van der Waals surface area (Å²) >= 11 is 0. The first kappa shape index (κ1) is 24.3. The van der Waals surface area contributed by atoms with Crippen LogP contribution in [0, 0.1) is 5.82 Å². The van der Waals surface area contributed by atoms with Crippen molar-refractivity contribution < 1.29 is 14.3 Å². The molecule has 196 valence electrons. The smallest absolute Gasteiger partial charge is 0.354 e. The average molecular weight is 507 g/mol. The van der Waals surface area contributed by atoms with E-state index in [1.165, 1.54) is 50.9 Å². The first-order valence-electron chi connectivity index (χ1n) is 13.5. The Balaban J connectivity index is 1.31. The van der Waals surface area contributed by atoms with Crippen molar-refractivity contribution in [3.63, 3.8) is 0 Å². The lowest BCUT2D eigenvalue weighted by molar-refractivity contribution is 0.0691. The van der Waals surface area contributed by atoms with Crippen molar-refractivity contribution in [3.05, 3.63) is 47.5 Å². The van der Waals surface area contributed by atoms with Gasteiger partial charge in [0, 0.05) is 38.3 Å². The van der Waals surface area contributed by atoms with E-state index in [1.807, 2.05) is 0 Å². The highest BCUT2D eigenvalue weighted by Crippen LogP contribution is 2.36. The van der Waals surface area contributed by atoms with Crippen LogP contribution < -0.4 is 4.90 Å². The van der Waals surface area contributed by atoms with Crippen molar-refractivity contribution in [2.45, 2.75) is 57.5 Å². The molecule has 3 aliphatic rings. The van der Waals surface area contributed by atoms with E-state index >= 15 is 0 Å². The molecule has 3 aromatic rings. The molecule has 37 heavy (non-hydrogen) atoms. The van der Waals surface area contributed by atoms with Crippen molar-refractivity contribution in [2.75, 3.05) is 44.2 Å². The lowest BCUT2D eigenvalue weighted by Crippen LogP contribution is -2.53. The maximum Gasteiger partial charge on any atom is 0.354 e. The summed E-state index contributed by atoms with van der Waals surface area (Å²) in [7, 11) is 0. The van der Waals surface area contributed by atoms with Gasteiger partial charge in [-0.1, -0.05) is 13.8 Å². The summed E-state index contributed by atoms with van der Waals surface area (Å²) in [6, 6.07) is 9.25. The summed E-state index contributed by atoms with van der Waals surface area (Å²) in [6.45, 7) is 10.2. The SMILES string of the molecule is CC(C)c1nn(-c2ccc(F)cc2)c2nc(C(=O)O)cc(N3CCN(C4CCN(C5CC5)CC4)CC3)c12. The molecule has 9 heteroatoms. The molecule has 4 heterocycles. The molecule has 1 aliphatic carbocycles. The predicted molar refractivity (Wildman–Crippen MR) is 141 cm³/mol. The van der Waals surface area contributed by atoms with Crippen LogP contribution in [0.2, 0.25) is 0 Å². The number of aromatic carboxylic acids is 1. The number of benzene rings is 1. The van der Waals surface area contributed by atoms with Gasteiger partial charge in [-0.15, -0.1) is 0 Å². The number of rotatable bonds is 6. The van der Waals surface area contributed by atoms with E-state index in [0.29, 0.717) is 17.4 Å². The third-order valence-corrected chi connectivity index (χ3v) is 8.21. The molecular formula is C28H35FN6O2. The molecule has 2 aromatic heterocycles. The Hall–Kier alpha value is -3.04. The van der Waals surface area contributed by atoms with Gasteiger partial charge in [0.2, 0.25) is 0 Å². The number of halogens is 1. The van der Waals surface area contributed by atoms with E-state index in [9.17, 15) is 14.3 Å². The van der Waals surface area contributed by atoms with Crippen molar-refractivity contribution >= 4 is 22.7 Å². The number of carboxylic acid groups (broad SMARTS) is 1. The monoisotopic (exact) mass is 506 g/mol. The van der Waals surface area contributed by atoms with E-state index in [1.54, 1.807) is 22.9 Å². The molecule has 0 spiro atoms. The summed E-state index contributed by atoms with van der Waals surface area (Å²) in [5.74, 6) is -1.29. The Morgan fingerprint density at radius 3 is 2.16 bits per heavy atom. The molecule has 0 radical (unpaired) electrons. The summed E-state index contributed by atoms with van der Waals surface area (Å²) in [4.78, 5) is 24.2. The van der Waals surface area contributed by atoms with Crippen LogP contribution in [0.4, 0.5) is 10.1 Å². The molecule has 6 rings (SSSR count). The highest BCUT2D eigenvalue weighted by atomic mass is 19.1. The number of hydrogen-bond donors (Lipinski definition) is 1. The van der Waals surface area contributed by atoms with Gasteiger partial charge in [-0.25, -0.2) is 18.9 Å². The van der Waals surface area contributed by atoms with Crippen LogP contribution in [-0.4, -0.2) is 87.0 Å². The lowest BCUT2D eigenvalue weighted by atomic mass is 10.0. The molecule has 1 aromatic carbocycles. The van der Waals surface area contributed by atoms with E-state index < -0.39 is 5.97 Å². The van der Waals surface area contributed by atoms with Crippen LogP contribution in [0.1, 0.15) is 61.6 Å². The van der Waals surface area contributed by atoms with E-state index in [4.69, 9.17) is 5.10 Å². The second kappa shape index (κ2) is 9.68. The van der Waals surface area contributed by atoms with E-state index in [-0.39, 0.29) is 17.4 Å². The van der Waals surface area contributed by atoms with Crippen molar-refractivity contribution in [2.24, 2.45) is 0 Å². The molecule has 2 aliphatic heterocycles. The number of fused-ring (bicyclic) bond motifs is 1. The molecule has 1 saturated carbocycles. The minimum absolute atomic E-state index is 0.00375. The van der Waals surface area contributed by atoms with Crippen molar-refractivity contribution in [1.29, 1.82) is 0 Å². The molecule has 0 amide bonds. The van der Waals surface area contributed by atoms with Crippen LogP contribution in [0.3, 0.4) is 0 Å². The van der Waals surface area contributed by atoms with E-state index in [2.05, 4.69) is 33.5 Å². The molecule has 3 fully saturated rings. The standard InChI is InChI=1S/C28H35FN6O2/c1-18(2)26-25-24(34-15-13-33(14-16-34)21-9-11-32(12-10-21)20-7-8-20)17-23(28(36)37)30-27(25)35(31-26)22-5-3-19(29)4-6-22/h3-6,17-18,20-21H,7-16H2,1-2H3,(H,36,37). The Morgan fingerprint density at radius 2 is 1.57 bits per heavy atom. The van der Waals surface area contributed by atoms with Gasteiger partial charge in [0.1, 0.15) is 5.82 Å². The van der Waals surface area contributed by atoms with Gasteiger partial charge in [0.05, 0.1) is 22.5 Å². The molecular weight excluding hydrogens is 471 g/mol. The molecule has 8 nitrogen and oxygen atoms in total. The van der Waals surface area contributed by atoms with Crippen molar-refractivity contribution in [1.82, 2.24) is 24.6 Å². The molecule has 2 saturated heterocycles. The Bertz CT molecular complexity index is 1290. The zero-order chi connectivity index (χ0) is 25.7. The van der Waals surface area contributed by atoms with Gasteiger partial charge in [-0.2, -0.15) is 5.10 Å². The maximum absolute atomic E-state index is 13.6. The Labute approximate surface area is 216 Å². The minimum atomic E-state index is -1.07. The average Bonchev–Trinajstić information content (AvgIpc) is 3.69. The summed E-state index contributed by atoms with van der Waals surface area (Å²) in [6.07, 6.45) is 5.22. The number of hydrogen-bond acceptors (Lipinski definition) is 6. The summed E-state index contributed by atoms with van der Waals surface area (Å²) < 4.78 is 15.3. The van der Waals surface area contributed by atoms with E-state index in [0.717, 1.165) is 49.0 Å². The normalized spacial score (nSPS) is 20.3. The quantitative estimate of drug-likeness (QED) is 0.539. The number of nitrogens with zero attached hydrogens (tertiary/aromatic N) is 6. The molecule has 0 unspecified atom stereocenters. The van der Waals surface area contributed by atoms with Gasteiger partial charge in [-0.05, 0) is 75.0 Å². The Kier molecular flexibility index (Phi) is 6.36. The maximum atomic E-state index is 13.6. The number of anilines is 1. The van der Waals surface area contributed by atoms with Crippen LogP contribution in [0.25, 0.3) is 16.7 Å². The second-order valence-electron chi connectivity index (χ2n) is 11.0. The fourth-order valence-electron chi connectivity index (χ4n) is 6.03. The van der Waals surface area contributed by atoms with Crippen molar-refractivity contribution in [3.8, 4) is 5.69 Å². The highest BCUT2D eigenvalue weighted by Gasteiger charge is 2.34. The first-order chi connectivity index (χ1) is 17.9. The fraction of sp³-hybridized carbons (Fsp3) is 0.536. The number of pyridine rings is 1. The zero-order valence-corrected chi connectivity index (χ0v) is 21.6. The number of piperidine rings is 1. The Morgan fingerprint density at radius 1 is 0.946 bits per heavy atom. The van der Waals surface area contributed by atoms with Gasteiger partial charge < -0.3 is 14.9 Å². The molecule has 1 N–H and O–H groups in total. The minimum Gasteiger partial charge on any atom is -0.477 e. The second-order valence-corrected chi connectivity index (χ2v) is 11.0. The highest BCUT2D eigenvalue weighted by molar-refractivity contribution is 5.98.